The van der Waals surface area contributed by atoms with Crippen LogP contribution < -0.4 is 4.90 Å². The van der Waals surface area contributed by atoms with Gasteiger partial charge in [0.25, 0.3) is 0 Å². The van der Waals surface area contributed by atoms with Crippen molar-refractivity contribution in [3.8, 4) is 6.07 Å². The Morgan fingerprint density at radius 3 is 2.03 bits per heavy atom. The summed E-state index contributed by atoms with van der Waals surface area (Å²) in [6.45, 7) is 6.97. The summed E-state index contributed by atoms with van der Waals surface area (Å²) in [5.74, 6) is 0.392. The van der Waals surface area contributed by atoms with Crippen LogP contribution in [0.2, 0.25) is 5.28 Å². The van der Waals surface area contributed by atoms with Crippen LogP contribution in [-0.4, -0.2) is 198 Å². The third kappa shape index (κ3) is 19.3. The fourth-order valence-corrected chi connectivity index (χ4v) is 6.91. The first kappa shape index (κ1) is 54.8. The molecule has 0 aliphatic carbocycles. The van der Waals surface area contributed by atoms with E-state index in [1.54, 1.807) is 23.0 Å². The van der Waals surface area contributed by atoms with Crippen LogP contribution in [0.3, 0.4) is 0 Å². The van der Waals surface area contributed by atoms with Gasteiger partial charge in [-0.1, -0.05) is 17.3 Å². The van der Waals surface area contributed by atoms with Crippen molar-refractivity contribution < 1.29 is 76.7 Å². The van der Waals surface area contributed by atoms with E-state index in [0.717, 1.165) is 11.8 Å². The molecule has 1 aliphatic heterocycles. The van der Waals surface area contributed by atoms with Crippen molar-refractivity contribution in [2.24, 2.45) is 0 Å². The molecule has 1 aliphatic rings. The number of rotatable bonds is 37. The Bertz CT molecular complexity index is 2150. The first-order valence-corrected chi connectivity index (χ1v) is 24.0. The summed E-state index contributed by atoms with van der Waals surface area (Å²) >= 11 is 6.45. The summed E-state index contributed by atoms with van der Waals surface area (Å²) in [6.07, 6.45) is -1.73. The van der Waals surface area contributed by atoms with Crippen LogP contribution in [0.15, 0.2) is 36.7 Å². The summed E-state index contributed by atoms with van der Waals surface area (Å²) in [6, 6.07) is 9.17. The lowest BCUT2D eigenvalue weighted by Gasteiger charge is -2.25. The van der Waals surface area contributed by atoms with Crippen molar-refractivity contribution in [1.82, 2.24) is 34.7 Å². The Kier molecular flexibility index (Phi) is 24.5. The summed E-state index contributed by atoms with van der Waals surface area (Å²) in [5.41, 5.74) is 2.24. The van der Waals surface area contributed by atoms with Gasteiger partial charge in [-0.15, -0.1) is 5.10 Å². The van der Waals surface area contributed by atoms with Crippen LogP contribution in [0, 0.1) is 11.3 Å². The van der Waals surface area contributed by atoms with Gasteiger partial charge < -0.3 is 77.1 Å². The standard InChI is InChI=1S/C41H59ClN9O16P/c42-41-45-38(34-25-44-51(39(34)46-41)40-37(54)36(53)35(67-40)29-66-30-68(55,56)57)49(26-32-4-2-31(24-43)3-5-32)6-10-59-13-16-62-20-21-64-22-23-65-28-33-27-50(48-47-33)7-11-60-14-17-63-19-18-61-15-12-58-9-1-8-52/h2-5,8,25,27,35-37,40,53-54H,1,6-7,9-23,26,28-30H2,(H2,55,56,57)/t35-,36-,37-,40-/m1/s1. The number of nitrogens with zero attached hydrogens (tertiary/aromatic N) is 9. The van der Waals surface area contributed by atoms with Crippen molar-refractivity contribution in [3.63, 3.8) is 0 Å². The maximum atomic E-state index is 11.2. The molecule has 376 valence electrons. The molecule has 3 aromatic heterocycles. The molecule has 25 nitrogen and oxygen atoms in total. The number of carbonyl (C=O) groups is 1. The average molecular weight is 1000 g/mol. The molecule has 4 aromatic rings. The highest BCUT2D eigenvalue weighted by Gasteiger charge is 2.45. The fourth-order valence-electron chi connectivity index (χ4n) is 6.41. The predicted octanol–water partition coefficient (Wildman–Crippen LogP) is 0.642. The molecule has 4 heterocycles. The lowest BCUT2D eigenvalue weighted by Crippen LogP contribution is -2.34. The number of aliphatic hydroxyl groups is 2. The van der Waals surface area contributed by atoms with E-state index in [-0.39, 0.29) is 24.1 Å². The van der Waals surface area contributed by atoms with Crippen molar-refractivity contribution in [2.45, 2.75) is 50.7 Å². The number of carbonyl (C=O) groups excluding carboxylic acids is 1. The Morgan fingerprint density at radius 1 is 0.809 bits per heavy atom. The molecule has 0 spiro atoms. The van der Waals surface area contributed by atoms with E-state index in [2.05, 4.69) is 31.4 Å². The van der Waals surface area contributed by atoms with Crippen molar-refractivity contribution in [2.75, 3.05) is 124 Å². The molecule has 0 bridgehead atoms. The number of fused-ring (bicyclic) bond motifs is 1. The number of halogens is 1. The van der Waals surface area contributed by atoms with Gasteiger partial charge >= 0.3 is 7.60 Å². The summed E-state index contributed by atoms with van der Waals surface area (Å²) in [7, 11) is -4.47. The number of anilines is 1. The smallest absolute Gasteiger partial charge is 0.350 e. The molecule has 1 fully saturated rings. The largest absolute Gasteiger partial charge is 0.387 e. The molecule has 4 N–H and O–H groups in total. The molecule has 27 heteroatoms. The molecular weight excluding hydrogens is 941 g/mol. The Hall–Kier alpha value is -4.17. The van der Waals surface area contributed by atoms with Gasteiger partial charge in [-0.05, 0) is 29.3 Å². The van der Waals surface area contributed by atoms with Crippen LogP contribution in [-0.2, 0) is 76.4 Å². The molecule has 5 rings (SSSR count). The first-order chi connectivity index (χ1) is 33.1. The molecule has 1 aromatic carbocycles. The minimum absolute atomic E-state index is 0.134. The zero-order chi connectivity index (χ0) is 48.4. The number of aliphatic hydroxyl groups excluding tert-OH is 2. The molecule has 4 atom stereocenters. The van der Waals surface area contributed by atoms with Gasteiger partial charge in [-0.2, -0.15) is 20.3 Å². The van der Waals surface area contributed by atoms with E-state index in [1.165, 1.54) is 10.9 Å². The number of aldehydes is 1. The lowest BCUT2D eigenvalue weighted by molar-refractivity contribution is -0.109. The Labute approximate surface area is 397 Å². The normalized spacial score (nSPS) is 17.3. The zero-order valence-corrected chi connectivity index (χ0v) is 39.1. The van der Waals surface area contributed by atoms with Crippen molar-refractivity contribution >= 4 is 42.3 Å². The molecule has 1 saturated heterocycles. The van der Waals surface area contributed by atoms with Gasteiger partial charge in [0.05, 0.1) is 148 Å². The van der Waals surface area contributed by atoms with Crippen molar-refractivity contribution in [1.29, 1.82) is 5.26 Å². The van der Waals surface area contributed by atoms with E-state index < -0.39 is 45.1 Å². The van der Waals surface area contributed by atoms with Crippen molar-refractivity contribution in [3.05, 3.63) is 58.8 Å². The molecule has 0 radical (unpaired) electrons. The minimum atomic E-state index is -4.47. The van der Waals surface area contributed by atoms with Gasteiger partial charge in [0.1, 0.15) is 42.5 Å². The quantitative estimate of drug-likeness (QED) is 0.0209. The average Bonchev–Trinajstić information content (AvgIpc) is 4.04. The Morgan fingerprint density at radius 2 is 1.41 bits per heavy atom. The molecule has 0 saturated carbocycles. The Balaban J connectivity index is 0.954. The topological polar surface area (TPSA) is 309 Å². The second-order valence-corrected chi connectivity index (χ2v) is 16.8. The highest BCUT2D eigenvalue weighted by molar-refractivity contribution is 7.51. The minimum Gasteiger partial charge on any atom is -0.387 e. The number of aromatic nitrogens is 7. The maximum absolute atomic E-state index is 11.2. The van der Waals surface area contributed by atoms with Crippen LogP contribution in [0.5, 0.6) is 0 Å². The van der Waals surface area contributed by atoms with Crippen LogP contribution in [0.4, 0.5) is 5.82 Å². The highest BCUT2D eigenvalue weighted by Crippen LogP contribution is 2.36. The van der Waals surface area contributed by atoms with E-state index in [4.69, 9.17) is 68.8 Å². The van der Waals surface area contributed by atoms with Gasteiger partial charge in [0, 0.05) is 19.5 Å². The second kappa shape index (κ2) is 30.4. The second-order valence-electron chi connectivity index (χ2n) is 14.9. The van der Waals surface area contributed by atoms with Crippen LogP contribution in [0.1, 0.15) is 29.5 Å². The number of benzene rings is 1. The van der Waals surface area contributed by atoms with E-state index >= 15 is 0 Å². The fraction of sp³-hybridized carbons (Fsp3) is 0.634. The van der Waals surface area contributed by atoms with Gasteiger partial charge in [0.2, 0.25) is 5.28 Å². The van der Waals surface area contributed by atoms with Gasteiger partial charge in [-0.3, -0.25) is 4.57 Å². The molecular formula is C41H59ClN9O16P. The SMILES string of the molecule is N#Cc1ccc(CN(CCOCCOCCOCCOCc2cn(CCOCCOCCOCCOCCC=O)nn2)c2nc(Cl)nc3c2cnn3[C@@H]2O[C@H](COCP(=O)(O)O)[C@@H](O)[C@H]2O)cc1. The first-order valence-electron chi connectivity index (χ1n) is 21.8. The monoisotopic (exact) mass is 999 g/mol. The maximum Gasteiger partial charge on any atom is 0.350 e. The zero-order valence-electron chi connectivity index (χ0n) is 37.4. The number of ether oxygens (including phenoxy) is 10. The van der Waals surface area contributed by atoms with Crippen LogP contribution in [0.25, 0.3) is 11.0 Å². The summed E-state index contributed by atoms with van der Waals surface area (Å²) in [5, 5.41) is 43.7. The lowest BCUT2D eigenvalue weighted by atomic mass is 10.1. The van der Waals surface area contributed by atoms with Crippen LogP contribution >= 0.6 is 19.2 Å². The molecule has 68 heavy (non-hydrogen) atoms. The third-order valence-corrected chi connectivity index (χ3v) is 10.4. The number of nitriles is 1. The molecule has 0 unspecified atom stereocenters. The van der Waals surface area contributed by atoms with E-state index in [1.807, 2.05) is 17.0 Å². The summed E-state index contributed by atoms with van der Waals surface area (Å²) in [4.78, 5) is 39.2. The van der Waals surface area contributed by atoms with E-state index in [9.17, 15) is 24.8 Å². The summed E-state index contributed by atoms with van der Waals surface area (Å²) < 4.78 is 69.5. The predicted molar refractivity (Wildman–Crippen MR) is 237 cm³/mol. The highest BCUT2D eigenvalue weighted by atomic mass is 35.5. The number of hydrogen-bond donors (Lipinski definition) is 4. The van der Waals surface area contributed by atoms with E-state index in [0.29, 0.717) is 141 Å². The van der Waals surface area contributed by atoms with Gasteiger partial charge in [-0.25, -0.2) is 9.36 Å². The third-order valence-electron chi connectivity index (χ3n) is 9.70. The molecule has 0 amide bonds. The number of hydrogen-bond acceptors (Lipinski definition) is 21. The van der Waals surface area contributed by atoms with Gasteiger partial charge in [0.15, 0.2) is 11.9 Å².